The van der Waals surface area contributed by atoms with Crippen LogP contribution in [0.3, 0.4) is 0 Å². The molecule has 1 saturated heterocycles. The predicted molar refractivity (Wildman–Crippen MR) is 143 cm³/mol. The molecule has 1 aliphatic heterocycles. The van der Waals surface area contributed by atoms with Gasteiger partial charge in [-0.05, 0) is 54.5 Å². The van der Waals surface area contributed by atoms with Crippen molar-refractivity contribution < 1.29 is 27.0 Å². The van der Waals surface area contributed by atoms with E-state index < -0.39 is 23.3 Å². The molecular weight excluding hydrogens is 492 g/mol. The third-order valence-corrected chi connectivity index (χ3v) is 7.36. The monoisotopic (exact) mass is 528 g/mol. The maximum atomic E-state index is 15.2. The van der Waals surface area contributed by atoms with E-state index in [0.29, 0.717) is 29.9 Å². The van der Waals surface area contributed by atoms with Gasteiger partial charge in [-0.2, -0.15) is 4.39 Å². The summed E-state index contributed by atoms with van der Waals surface area (Å²) in [5.41, 5.74) is 1.42. The average molecular weight is 529 g/mol. The fourth-order valence-corrected chi connectivity index (χ4v) is 5.03. The first-order valence-corrected chi connectivity index (χ1v) is 13.8. The Hall–Kier alpha value is -2.86. The smallest absolute Gasteiger partial charge is 0.201 e. The summed E-state index contributed by atoms with van der Waals surface area (Å²) in [6.07, 6.45) is 7.93. The van der Waals surface area contributed by atoms with Crippen molar-refractivity contribution in [1.82, 2.24) is 0 Å². The van der Waals surface area contributed by atoms with E-state index in [1.165, 1.54) is 18.6 Å². The molecule has 0 bridgehead atoms. The van der Waals surface area contributed by atoms with Gasteiger partial charge < -0.3 is 9.47 Å². The summed E-state index contributed by atoms with van der Waals surface area (Å²) in [7, 11) is 0. The zero-order valence-electron chi connectivity index (χ0n) is 22.2. The second-order valence-electron chi connectivity index (χ2n) is 10.1. The minimum atomic E-state index is -1.04. The number of benzene rings is 3. The lowest BCUT2D eigenvalue weighted by atomic mass is 9.88. The quantitative estimate of drug-likeness (QED) is 0.182. The summed E-state index contributed by atoms with van der Waals surface area (Å²) in [6.45, 7) is 4.86. The lowest BCUT2D eigenvalue weighted by Gasteiger charge is -2.29. The molecule has 0 amide bonds. The highest BCUT2D eigenvalue weighted by atomic mass is 19.2. The fraction of sp³-hybridized carbons (Fsp3) is 0.438. The second kappa shape index (κ2) is 13.3. The van der Waals surface area contributed by atoms with Crippen molar-refractivity contribution in [2.24, 2.45) is 0 Å². The van der Waals surface area contributed by atoms with Crippen LogP contribution in [-0.2, 0) is 4.74 Å². The maximum Gasteiger partial charge on any atom is 0.201 e. The minimum absolute atomic E-state index is 0.0733. The number of rotatable bonds is 11. The van der Waals surface area contributed by atoms with Crippen molar-refractivity contribution in [2.75, 3.05) is 13.2 Å². The van der Waals surface area contributed by atoms with Crippen LogP contribution in [0.25, 0.3) is 22.3 Å². The van der Waals surface area contributed by atoms with Crippen molar-refractivity contribution in [1.29, 1.82) is 0 Å². The molecule has 204 valence electrons. The Morgan fingerprint density at radius 1 is 0.711 bits per heavy atom. The van der Waals surface area contributed by atoms with Crippen LogP contribution in [0.4, 0.5) is 17.6 Å². The van der Waals surface area contributed by atoms with Crippen molar-refractivity contribution in [3.05, 3.63) is 77.4 Å². The predicted octanol–water partition coefficient (Wildman–Crippen LogP) is 9.60. The number of hydrogen-bond acceptors (Lipinski definition) is 2. The molecule has 6 heteroatoms. The number of hydrogen-bond donors (Lipinski definition) is 0. The second-order valence-corrected chi connectivity index (χ2v) is 10.1. The summed E-state index contributed by atoms with van der Waals surface area (Å²) in [5, 5.41) is 0. The van der Waals surface area contributed by atoms with Gasteiger partial charge >= 0.3 is 0 Å². The van der Waals surface area contributed by atoms with Gasteiger partial charge in [0.25, 0.3) is 0 Å². The molecule has 2 nitrogen and oxygen atoms in total. The van der Waals surface area contributed by atoms with Gasteiger partial charge in [-0.1, -0.05) is 75.9 Å². The third-order valence-electron chi connectivity index (χ3n) is 7.36. The lowest BCUT2D eigenvalue weighted by molar-refractivity contribution is -0.00277. The molecule has 0 saturated carbocycles. The van der Waals surface area contributed by atoms with E-state index in [1.807, 2.05) is 6.92 Å². The van der Waals surface area contributed by atoms with Crippen molar-refractivity contribution in [3.8, 4) is 28.0 Å². The highest BCUT2D eigenvalue weighted by molar-refractivity contribution is 5.72. The van der Waals surface area contributed by atoms with Crippen LogP contribution < -0.4 is 4.74 Å². The van der Waals surface area contributed by atoms with Crippen LogP contribution in [-0.4, -0.2) is 19.3 Å². The van der Waals surface area contributed by atoms with E-state index in [1.54, 1.807) is 36.4 Å². The standard InChI is InChI=1S/C32H36F4O2/c1-3-5-7-8-24-14-13-23(20-38-24)27-16-15-25(29(33)30(27)34)21-9-11-22(12-10-21)26-17-18-28(32(36)31(26)35)37-19-6-4-2/h9-12,15-18,23-24H,3-8,13-14,19-20H2,1-2H3. The Labute approximate surface area is 223 Å². The first-order chi connectivity index (χ1) is 18.4. The normalized spacial score (nSPS) is 17.5. The first kappa shape index (κ1) is 28.2. The molecule has 3 aromatic rings. The van der Waals surface area contributed by atoms with E-state index in [0.717, 1.165) is 44.9 Å². The molecule has 38 heavy (non-hydrogen) atoms. The number of unbranched alkanes of at least 4 members (excludes halogenated alkanes) is 3. The van der Waals surface area contributed by atoms with Crippen LogP contribution in [0.2, 0.25) is 0 Å². The van der Waals surface area contributed by atoms with Crippen LogP contribution in [0, 0.1) is 23.3 Å². The molecule has 0 N–H and O–H groups in total. The Balaban J connectivity index is 1.47. The van der Waals surface area contributed by atoms with Crippen LogP contribution in [0.15, 0.2) is 48.5 Å². The molecular formula is C32H36F4O2. The fourth-order valence-electron chi connectivity index (χ4n) is 5.03. The highest BCUT2D eigenvalue weighted by Gasteiger charge is 2.27. The van der Waals surface area contributed by atoms with E-state index >= 15 is 8.78 Å². The molecule has 2 unspecified atom stereocenters. The Bertz CT molecular complexity index is 1200. The van der Waals surface area contributed by atoms with Gasteiger partial charge in [0.2, 0.25) is 5.82 Å². The third kappa shape index (κ3) is 6.40. The molecule has 0 aliphatic carbocycles. The van der Waals surface area contributed by atoms with Gasteiger partial charge in [0.05, 0.1) is 19.3 Å². The van der Waals surface area contributed by atoms with E-state index in [4.69, 9.17) is 9.47 Å². The summed E-state index contributed by atoms with van der Waals surface area (Å²) in [4.78, 5) is 0. The molecule has 0 spiro atoms. The zero-order chi connectivity index (χ0) is 27.1. The van der Waals surface area contributed by atoms with Gasteiger partial charge in [0, 0.05) is 17.0 Å². The zero-order valence-corrected chi connectivity index (χ0v) is 22.2. The minimum Gasteiger partial charge on any atom is -0.490 e. The van der Waals surface area contributed by atoms with Gasteiger partial charge in [-0.3, -0.25) is 0 Å². The molecule has 0 radical (unpaired) electrons. The number of ether oxygens (including phenoxy) is 2. The van der Waals surface area contributed by atoms with Gasteiger partial charge in [-0.25, -0.2) is 13.2 Å². The molecule has 1 aliphatic rings. The van der Waals surface area contributed by atoms with Crippen molar-refractivity contribution in [2.45, 2.75) is 77.2 Å². The molecule has 0 aromatic heterocycles. The topological polar surface area (TPSA) is 18.5 Å². The summed E-state index contributed by atoms with van der Waals surface area (Å²) >= 11 is 0. The maximum absolute atomic E-state index is 15.2. The van der Waals surface area contributed by atoms with E-state index in [-0.39, 0.29) is 28.9 Å². The summed E-state index contributed by atoms with van der Waals surface area (Å²) in [5.74, 6) is -4.09. The SMILES string of the molecule is CCCCCC1CCC(c2ccc(-c3ccc(-c4ccc(OCCCC)c(F)c4F)cc3)c(F)c2F)CO1. The Kier molecular flexibility index (Phi) is 9.84. The van der Waals surface area contributed by atoms with Gasteiger partial charge in [0.15, 0.2) is 23.2 Å². The molecule has 3 aromatic carbocycles. The first-order valence-electron chi connectivity index (χ1n) is 13.8. The van der Waals surface area contributed by atoms with Crippen LogP contribution in [0.5, 0.6) is 5.75 Å². The number of halogens is 4. The molecule has 4 rings (SSSR count). The highest BCUT2D eigenvalue weighted by Crippen LogP contribution is 2.36. The van der Waals surface area contributed by atoms with E-state index in [9.17, 15) is 8.78 Å². The van der Waals surface area contributed by atoms with Gasteiger partial charge in [0.1, 0.15) is 0 Å². The largest absolute Gasteiger partial charge is 0.490 e. The van der Waals surface area contributed by atoms with Crippen molar-refractivity contribution in [3.63, 3.8) is 0 Å². The molecule has 1 heterocycles. The van der Waals surface area contributed by atoms with Gasteiger partial charge in [-0.15, -0.1) is 0 Å². The molecule has 1 fully saturated rings. The van der Waals surface area contributed by atoms with Crippen molar-refractivity contribution >= 4 is 0 Å². The summed E-state index contributed by atoms with van der Waals surface area (Å²) in [6, 6.07) is 12.4. The Morgan fingerprint density at radius 3 is 1.95 bits per heavy atom. The van der Waals surface area contributed by atoms with Crippen LogP contribution in [0.1, 0.15) is 76.7 Å². The summed E-state index contributed by atoms with van der Waals surface area (Å²) < 4.78 is 70.8. The van der Waals surface area contributed by atoms with Crippen LogP contribution >= 0.6 is 0 Å². The lowest BCUT2D eigenvalue weighted by Crippen LogP contribution is -2.25. The van der Waals surface area contributed by atoms with E-state index in [2.05, 4.69) is 6.92 Å². The molecule has 2 atom stereocenters. The average Bonchev–Trinajstić information content (AvgIpc) is 2.94. The Morgan fingerprint density at radius 2 is 1.34 bits per heavy atom.